The Hall–Kier alpha value is -2.84. The minimum atomic E-state index is 0.316. The normalized spacial score (nSPS) is 12.6. The highest BCUT2D eigenvalue weighted by molar-refractivity contribution is 5.80. The molecule has 0 unspecified atom stereocenters. The standard InChI is InChI=1S/C24H26N2/c1-19(20-9-5-3-6-10-20)26-18-17-24(21-11-7-4-8-12-21)22-13-15-23(25-2)16-14-22/h3-17,19,25-26H,18H2,1-2H3/b24-17+/t19-/m1/s1. The Morgan fingerprint density at radius 1 is 0.808 bits per heavy atom. The number of nitrogens with one attached hydrogen (secondary N) is 2. The predicted octanol–water partition coefficient (Wildman–Crippen LogP) is 5.51. The lowest BCUT2D eigenvalue weighted by atomic mass is 9.97. The van der Waals surface area contributed by atoms with Gasteiger partial charge in [-0.3, -0.25) is 0 Å². The Morgan fingerprint density at radius 3 is 2.00 bits per heavy atom. The van der Waals surface area contributed by atoms with E-state index in [9.17, 15) is 0 Å². The fraction of sp³-hybridized carbons (Fsp3) is 0.167. The number of anilines is 1. The van der Waals surface area contributed by atoms with Gasteiger partial charge in [0.1, 0.15) is 0 Å². The average Bonchev–Trinajstić information content (AvgIpc) is 2.72. The highest BCUT2D eigenvalue weighted by Crippen LogP contribution is 2.24. The second-order valence-corrected chi connectivity index (χ2v) is 6.35. The van der Waals surface area contributed by atoms with E-state index in [1.807, 2.05) is 7.05 Å². The van der Waals surface area contributed by atoms with Crippen LogP contribution in [0.2, 0.25) is 0 Å². The van der Waals surface area contributed by atoms with Gasteiger partial charge in [0.25, 0.3) is 0 Å². The van der Waals surface area contributed by atoms with Gasteiger partial charge in [-0.05, 0) is 41.3 Å². The molecule has 0 spiro atoms. The van der Waals surface area contributed by atoms with Crippen molar-refractivity contribution in [2.24, 2.45) is 0 Å². The molecule has 0 bridgehead atoms. The summed E-state index contributed by atoms with van der Waals surface area (Å²) in [6, 6.07) is 30.0. The molecule has 0 radical (unpaired) electrons. The zero-order valence-electron chi connectivity index (χ0n) is 15.4. The van der Waals surface area contributed by atoms with Crippen LogP contribution in [0.5, 0.6) is 0 Å². The summed E-state index contributed by atoms with van der Waals surface area (Å²) in [5.74, 6) is 0. The molecular formula is C24H26N2. The van der Waals surface area contributed by atoms with Gasteiger partial charge < -0.3 is 10.6 Å². The van der Waals surface area contributed by atoms with E-state index in [1.165, 1.54) is 22.3 Å². The first kappa shape index (κ1) is 18.0. The van der Waals surface area contributed by atoms with Gasteiger partial charge in [0.05, 0.1) is 0 Å². The second kappa shape index (κ2) is 9.02. The van der Waals surface area contributed by atoms with E-state index < -0.39 is 0 Å². The highest BCUT2D eigenvalue weighted by atomic mass is 14.9. The molecule has 0 aliphatic heterocycles. The Balaban J connectivity index is 1.80. The Morgan fingerprint density at radius 2 is 1.38 bits per heavy atom. The molecule has 1 atom stereocenters. The number of hydrogen-bond donors (Lipinski definition) is 2. The predicted molar refractivity (Wildman–Crippen MR) is 112 cm³/mol. The molecule has 132 valence electrons. The first-order chi connectivity index (χ1) is 12.8. The second-order valence-electron chi connectivity index (χ2n) is 6.35. The molecule has 0 fully saturated rings. The van der Waals surface area contributed by atoms with E-state index in [0.29, 0.717) is 6.04 Å². The Bertz CT molecular complexity index is 821. The molecule has 0 saturated heterocycles. The van der Waals surface area contributed by atoms with Gasteiger partial charge in [0.2, 0.25) is 0 Å². The maximum atomic E-state index is 3.60. The smallest absolute Gasteiger partial charge is 0.0337 e. The zero-order chi connectivity index (χ0) is 18.2. The van der Waals surface area contributed by atoms with Crippen LogP contribution in [0.1, 0.15) is 29.7 Å². The van der Waals surface area contributed by atoms with E-state index in [-0.39, 0.29) is 0 Å². The molecule has 0 aliphatic carbocycles. The molecule has 2 N–H and O–H groups in total. The van der Waals surface area contributed by atoms with Gasteiger partial charge in [-0.25, -0.2) is 0 Å². The molecule has 0 heterocycles. The quantitative estimate of drug-likeness (QED) is 0.591. The molecular weight excluding hydrogens is 316 g/mol. The molecule has 3 aromatic rings. The molecule has 0 saturated carbocycles. The van der Waals surface area contributed by atoms with Crippen molar-refractivity contribution < 1.29 is 0 Å². The van der Waals surface area contributed by atoms with Crippen LogP contribution in [-0.2, 0) is 0 Å². The summed E-state index contributed by atoms with van der Waals surface area (Å²) in [4.78, 5) is 0. The van der Waals surface area contributed by atoms with Crippen LogP contribution in [0.15, 0.2) is 91.0 Å². The van der Waals surface area contributed by atoms with Gasteiger partial charge in [-0.1, -0.05) is 78.9 Å². The summed E-state index contributed by atoms with van der Waals surface area (Å²) >= 11 is 0. The van der Waals surface area contributed by atoms with Crippen molar-refractivity contribution in [3.05, 3.63) is 108 Å². The fourth-order valence-electron chi connectivity index (χ4n) is 3.03. The van der Waals surface area contributed by atoms with Gasteiger partial charge >= 0.3 is 0 Å². The molecule has 2 heteroatoms. The third kappa shape index (κ3) is 4.62. The summed E-state index contributed by atoms with van der Waals surface area (Å²) in [7, 11) is 1.94. The summed E-state index contributed by atoms with van der Waals surface area (Å²) in [5.41, 5.74) is 6.14. The summed E-state index contributed by atoms with van der Waals surface area (Å²) in [5, 5.41) is 6.78. The summed E-state index contributed by atoms with van der Waals surface area (Å²) in [6.45, 7) is 3.02. The van der Waals surface area contributed by atoms with Crippen LogP contribution >= 0.6 is 0 Å². The summed E-state index contributed by atoms with van der Waals surface area (Å²) < 4.78 is 0. The SMILES string of the molecule is CNc1ccc(/C(=C/CN[C@H](C)c2ccccc2)c2ccccc2)cc1. The van der Waals surface area contributed by atoms with Crippen LogP contribution in [0.4, 0.5) is 5.69 Å². The molecule has 26 heavy (non-hydrogen) atoms. The van der Waals surface area contributed by atoms with Crippen molar-refractivity contribution in [2.45, 2.75) is 13.0 Å². The van der Waals surface area contributed by atoms with Gasteiger partial charge in [-0.2, -0.15) is 0 Å². The topological polar surface area (TPSA) is 24.1 Å². The van der Waals surface area contributed by atoms with Crippen molar-refractivity contribution in [1.82, 2.24) is 5.32 Å². The van der Waals surface area contributed by atoms with Gasteiger partial charge in [-0.15, -0.1) is 0 Å². The van der Waals surface area contributed by atoms with Crippen LogP contribution in [-0.4, -0.2) is 13.6 Å². The van der Waals surface area contributed by atoms with Gasteiger partial charge in [0.15, 0.2) is 0 Å². The summed E-state index contributed by atoms with van der Waals surface area (Å²) in [6.07, 6.45) is 2.28. The largest absolute Gasteiger partial charge is 0.388 e. The fourth-order valence-corrected chi connectivity index (χ4v) is 3.03. The number of rotatable bonds is 7. The van der Waals surface area contributed by atoms with E-state index in [4.69, 9.17) is 0 Å². The number of hydrogen-bond acceptors (Lipinski definition) is 2. The van der Waals surface area contributed by atoms with Crippen LogP contribution in [0.3, 0.4) is 0 Å². The first-order valence-corrected chi connectivity index (χ1v) is 9.10. The molecule has 0 aliphatic rings. The van der Waals surface area contributed by atoms with E-state index in [2.05, 4.69) is 109 Å². The van der Waals surface area contributed by atoms with Crippen LogP contribution < -0.4 is 10.6 Å². The Kier molecular flexibility index (Phi) is 6.24. The maximum Gasteiger partial charge on any atom is 0.0337 e. The maximum absolute atomic E-state index is 3.60. The first-order valence-electron chi connectivity index (χ1n) is 9.10. The minimum Gasteiger partial charge on any atom is -0.388 e. The third-order valence-corrected chi connectivity index (χ3v) is 4.60. The zero-order valence-corrected chi connectivity index (χ0v) is 15.4. The van der Waals surface area contributed by atoms with Gasteiger partial charge in [0, 0.05) is 25.3 Å². The average molecular weight is 342 g/mol. The van der Waals surface area contributed by atoms with E-state index in [1.54, 1.807) is 0 Å². The van der Waals surface area contributed by atoms with E-state index in [0.717, 1.165) is 12.2 Å². The molecule has 0 aromatic heterocycles. The number of benzene rings is 3. The molecule has 0 amide bonds. The minimum absolute atomic E-state index is 0.316. The lowest BCUT2D eigenvalue weighted by molar-refractivity contribution is 0.618. The van der Waals surface area contributed by atoms with Crippen molar-refractivity contribution in [3.63, 3.8) is 0 Å². The van der Waals surface area contributed by atoms with Crippen molar-refractivity contribution in [3.8, 4) is 0 Å². The Labute approximate surface area is 156 Å². The van der Waals surface area contributed by atoms with Crippen molar-refractivity contribution in [2.75, 3.05) is 18.9 Å². The molecule has 3 rings (SSSR count). The third-order valence-electron chi connectivity index (χ3n) is 4.60. The van der Waals surface area contributed by atoms with Crippen LogP contribution in [0, 0.1) is 0 Å². The highest BCUT2D eigenvalue weighted by Gasteiger charge is 2.06. The monoisotopic (exact) mass is 342 g/mol. The molecule has 2 nitrogen and oxygen atoms in total. The van der Waals surface area contributed by atoms with E-state index >= 15 is 0 Å². The lowest BCUT2D eigenvalue weighted by Gasteiger charge is -2.14. The van der Waals surface area contributed by atoms with Crippen molar-refractivity contribution >= 4 is 11.3 Å². The van der Waals surface area contributed by atoms with Crippen molar-refractivity contribution in [1.29, 1.82) is 0 Å². The molecule has 3 aromatic carbocycles. The van der Waals surface area contributed by atoms with Crippen LogP contribution in [0.25, 0.3) is 5.57 Å². The lowest BCUT2D eigenvalue weighted by Crippen LogP contribution is -2.18.